The van der Waals surface area contributed by atoms with Crippen molar-refractivity contribution in [2.45, 2.75) is 12.6 Å². The summed E-state index contributed by atoms with van der Waals surface area (Å²) in [6.45, 7) is -0.0981. The number of aliphatic hydroxyl groups is 2. The number of aromatic nitrogens is 2. The van der Waals surface area contributed by atoms with Crippen molar-refractivity contribution in [3.8, 4) is 11.4 Å². The van der Waals surface area contributed by atoms with Gasteiger partial charge in [0.15, 0.2) is 0 Å². The number of hydrogen-bond donors (Lipinski definition) is 2. The summed E-state index contributed by atoms with van der Waals surface area (Å²) in [4.78, 5) is 4.55. The van der Waals surface area contributed by atoms with Crippen molar-refractivity contribution in [1.29, 1.82) is 0 Å². The highest BCUT2D eigenvalue weighted by atomic mass is 19.1. The topological polar surface area (TPSA) is 58.3 Å². The number of imidazole rings is 1. The minimum atomic E-state index is -0.873. The van der Waals surface area contributed by atoms with Gasteiger partial charge in [-0.2, -0.15) is 0 Å². The van der Waals surface area contributed by atoms with E-state index in [0.29, 0.717) is 5.82 Å². The molecule has 0 aliphatic rings. The summed E-state index contributed by atoms with van der Waals surface area (Å²) in [5, 5.41) is 18.8. The van der Waals surface area contributed by atoms with E-state index in [1.54, 1.807) is 12.1 Å². The van der Waals surface area contributed by atoms with Crippen LogP contribution in [-0.2, 0) is 6.54 Å². The van der Waals surface area contributed by atoms with Gasteiger partial charge in [-0.3, -0.25) is 0 Å². The maximum absolute atomic E-state index is 13.1. The Labute approximate surface area is 121 Å². The predicted octanol–water partition coefficient (Wildman–Crippen LogP) is 2.20. The number of para-hydroxylation sites is 2. The molecule has 0 bridgehead atoms. The molecule has 1 atom stereocenters. The van der Waals surface area contributed by atoms with Gasteiger partial charge in [-0.1, -0.05) is 12.1 Å². The van der Waals surface area contributed by atoms with E-state index in [1.807, 2.05) is 28.8 Å². The van der Waals surface area contributed by atoms with Crippen molar-refractivity contribution in [3.63, 3.8) is 0 Å². The van der Waals surface area contributed by atoms with Crippen LogP contribution in [0, 0.1) is 5.82 Å². The van der Waals surface area contributed by atoms with Crippen molar-refractivity contribution in [3.05, 3.63) is 54.3 Å². The first-order chi connectivity index (χ1) is 10.2. The molecule has 5 heteroatoms. The molecular weight excluding hydrogens is 271 g/mol. The van der Waals surface area contributed by atoms with Gasteiger partial charge in [0.05, 0.1) is 30.3 Å². The molecular formula is C16H15FN2O2. The standard InChI is InChI=1S/C16H15FN2O2/c17-12-7-5-11(6-8-12)16-18-14-3-1-2-4-15(14)19(16)9-13(21)10-20/h1-8,13,20-21H,9-10H2/t13-/m0/s1. The molecule has 0 radical (unpaired) electrons. The van der Waals surface area contributed by atoms with Crippen LogP contribution in [0.5, 0.6) is 0 Å². The Bertz CT molecular complexity index is 753. The van der Waals surface area contributed by atoms with Crippen LogP contribution in [0.25, 0.3) is 22.4 Å². The Morgan fingerprint density at radius 3 is 2.52 bits per heavy atom. The zero-order valence-electron chi connectivity index (χ0n) is 11.3. The van der Waals surface area contributed by atoms with Crippen molar-refractivity contribution in [2.75, 3.05) is 6.61 Å². The van der Waals surface area contributed by atoms with E-state index in [-0.39, 0.29) is 19.0 Å². The SMILES string of the molecule is OC[C@@H](O)Cn1c(-c2ccc(F)cc2)nc2ccccc21. The first-order valence-electron chi connectivity index (χ1n) is 6.69. The van der Waals surface area contributed by atoms with Crippen molar-refractivity contribution in [1.82, 2.24) is 9.55 Å². The Morgan fingerprint density at radius 2 is 1.81 bits per heavy atom. The number of hydrogen-bond acceptors (Lipinski definition) is 3. The molecule has 108 valence electrons. The second-order valence-electron chi connectivity index (χ2n) is 4.88. The second kappa shape index (κ2) is 5.63. The number of aliphatic hydroxyl groups excluding tert-OH is 2. The van der Waals surface area contributed by atoms with E-state index >= 15 is 0 Å². The van der Waals surface area contributed by atoms with E-state index in [0.717, 1.165) is 16.6 Å². The van der Waals surface area contributed by atoms with Gasteiger partial charge < -0.3 is 14.8 Å². The first kappa shape index (κ1) is 13.7. The molecule has 0 aliphatic heterocycles. The van der Waals surface area contributed by atoms with Crippen molar-refractivity contribution in [2.24, 2.45) is 0 Å². The fraction of sp³-hybridized carbons (Fsp3) is 0.188. The lowest BCUT2D eigenvalue weighted by atomic mass is 10.2. The third kappa shape index (κ3) is 2.66. The third-order valence-corrected chi connectivity index (χ3v) is 3.36. The Morgan fingerprint density at radius 1 is 1.10 bits per heavy atom. The van der Waals surface area contributed by atoms with Gasteiger partial charge in [0.2, 0.25) is 0 Å². The van der Waals surface area contributed by atoms with Gasteiger partial charge in [-0.25, -0.2) is 9.37 Å². The van der Waals surface area contributed by atoms with Crippen LogP contribution in [0.1, 0.15) is 0 Å². The van der Waals surface area contributed by atoms with Gasteiger partial charge in [-0.15, -0.1) is 0 Å². The zero-order chi connectivity index (χ0) is 14.8. The molecule has 0 saturated heterocycles. The molecule has 0 aliphatic carbocycles. The molecule has 0 amide bonds. The normalized spacial score (nSPS) is 12.7. The largest absolute Gasteiger partial charge is 0.394 e. The molecule has 0 spiro atoms. The number of fused-ring (bicyclic) bond motifs is 1. The van der Waals surface area contributed by atoms with Crippen LogP contribution < -0.4 is 0 Å². The van der Waals surface area contributed by atoms with Gasteiger partial charge in [-0.05, 0) is 36.4 Å². The molecule has 4 nitrogen and oxygen atoms in total. The van der Waals surface area contributed by atoms with Gasteiger partial charge in [0, 0.05) is 5.56 Å². The molecule has 3 aromatic rings. The predicted molar refractivity (Wildman–Crippen MR) is 78.2 cm³/mol. The monoisotopic (exact) mass is 286 g/mol. The van der Waals surface area contributed by atoms with Gasteiger partial charge in [0.25, 0.3) is 0 Å². The molecule has 1 aromatic heterocycles. The van der Waals surface area contributed by atoms with Crippen LogP contribution in [0.2, 0.25) is 0 Å². The highest BCUT2D eigenvalue weighted by Gasteiger charge is 2.15. The second-order valence-corrected chi connectivity index (χ2v) is 4.88. The Kier molecular flexibility index (Phi) is 3.68. The van der Waals surface area contributed by atoms with Crippen LogP contribution in [0.4, 0.5) is 4.39 Å². The number of nitrogens with zero attached hydrogens (tertiary/aromatic N) is 2. The lowest BCUT2D eigenvalue weighted by Gasteiger charge is -2.12. The third-order valence-electron chi connectivity index (χ3n) is 3.36. The molecule has 3 rings (SSSR count). The average Bonchev–Trinajstić information content (AvgIpc) is 2.87. The maximum Gasteiger partial charge on any atom is 0.141 e. The lowest BCUT2D eigenvalue weighted by Crippen LogP contribution is -2.20. The van der Waals surface area contributed by atoms with E-state index in [9.17, 15) is 9.50 Å². The number of halogens is 1. The zero-order valence-corrected chi connectivity index (χ0v) is 11.3. The summed E-state index contributed by atoms with van der Waals surface area (Å²) in [5.74, 6) is 0.334. The van der Waals surface area contributed by atoms with Gasteiger partial charge >= 0.3 is 0 Å². The minimum absolute atomic E-state index is 0.226. The van der Waals surface area contributed by atoms with E-state index in [1.165, 1.54) is 12.1 Å². The Balaban J connectivity index is 2.16. The maximum atomic E-state index is 13.1. The summed E-state index contributed by atoms with van der Waals surface area (Å²) in [6, 6.07) is 13.6. The smallest absolute Gasteiger partial charge is 0.141 e. The van der Waals surface area contributed by atoms with E-state index in [2.05, 4.69) is 4.98 Å². The van der Waals surface area contributed by atoms with Crippen LogP contribution >= 0.6 is 0 Å². The first-order valence-corrected chi connectivity index (χ1v) is 6.69. The van der Waals surface area contributed by atoms with Crippen molar-refractivity contribution < 1.29 is 14.6 Å². The summed E-state index contributed by atoms with van der Waals surface area (Å²) >= 11 is 0. The van der Waals surface area contributed by atoms with E-state index in [4.69, 9.17) is 5.11 Å². The Hall–Kier alpha value is -2.24. The number of rotatable bonds is 4. The van der Waals surface area contributed by atoms with Crippen LogP contribution in [0.3, 0.4) is 0 Å². The highest BCUT2D eigenvalue weighted by Crippen LogP contribution is 2.25. The molecule has 0 fully saturated rings. The summed E-state index contributed by atoms with van der Waals surface area (Å²) in [6.07, 6.45) is -0.873. The fourth-order valence-corrected chi connectivity index (χ4v) is 2.35. The minimum Gasteiger partial charge on any atom is -0.394 e. The fourth-order valence-electron chi connectivity index (χ4n) is 2.35. The summed E-state index contributed by atoms with van der Waals surface area (Å²) in [5.41, 5.74) is 2.42. The summed E-state index contributed by atoms with van der Waals surface area (Å²) in [7, 11) is 0. The van der Waals surface area contributed by atoms with Crippen LogP contribution in [0.15, 0.2) is 48.5 Å². The molecule has 0 saturated carbocycles. The lowest BCUT2D eigenvalue weighted by molar-refractivity contribution is 0.0824. The summed E-state index contributed by atoms with van der Waals surface area (Å²) < 4.78 is 14.9. The van der Waals surface area contributed by atoms with E-state index < -0.39 is 6.10 Å². The quantitative estimate of drug-likeness (QED) is 0.773. The highest BCUT2D eigenvalue weighted by molar-refractivity contribution is 5.80. The molecule has 0 unspecified atom stereocenters. The van der Waals surface area contributed by atoms with Gasteiger partial charge in [0.1, 0.15) is 11.6 Å². The van der Waals surface area contributed by atoms with Crippen molar-refractivity contribution >= 4 is 11.0 Å². The van der Waals surface area contributed by atoms with Crippen LogP contribution in [-0.4, -0.2) is 32.5 Å². The molecule has 2 N–H and O–H groups in total. The number of benzene rings is 2. The molecule has 21 heavy (non-hydrogen) atoms. The molecule has 1 heterocycles. The average molecular weight is 286 g/mol. The molecule has 2 aromatic carbocycles.